The highest BCUT2D eigenvalue weighted by atomic mass is 16.4. The standard InChI is InChI=1S/C21H18N4O2/c1-25(11-8-15-4-2-3-9-23-15)20-17-7-10-22-13-18(17)16-6-5-14(21(26)27)12-19(16)24-20/h2-7,9-10,12-13H,8,11H2,1H3,(H,26,27). The zero-order valence-corrected chi connectivity index (χ0v) is 14.8. The van der Waals surface area contributed by atoms with Gasteiger partial charge in [-0.25, -0.2) is 9.78 Å². The molecule has 0 aliphatic heterocycles. The molecule has 0 bridgehead atoms. The van der Waals surface area contributed by atoms with Gasteiger partial charge in [0.05, 0.1) is 11.1 Å². The molecule has 0 saturated carbocycles. The van der Waals surface area contributed by atoms with Crippen molar-refractivity contribution in [2.75, 3.05) is 18.5 Å². The summed E-state index contributed by atoms with van der Waals surface area (Å²) >= 11 is 0. The summed E-state index contributed by atoms with van der Waals surface area (Å²) in [6, 6.07) is 12.8. The topological polar surface area (TPSA) is 79.2 Å². The average Bonchev–Trinajstić information content (AvgIpc) is 2.71. The summed E-state index contributed by atoms with van der Waals surface area (Å²) in [6.45, 7) is 0.742. The quantitative estimate of drug-likeness (QED) is 0.550. The lowest BCUT2D eigenvalue weighted by Crippen LogP contribution is -2.22. The fraction of sp³-hybridized carbons (Fsp3) is 0.143. The molecule has 0 aliphatic rings. The van der Waals surface area contributed by atoms with E-state index in [4.69, 9.17) is 4.98 Å². The lowest BCUT2D eigenvalue weighted by Gasteiger charge is -2.21. The Morgan fingerprint density at radius 1 is 1.07 bits per heavy atom. The van der Waals surface area contributed by atoms with Crippen LogP contribution in [0.4, 0.5) is 5.82 Å². The second-order valence-electron chi connectivity index (χ2n) is 6.39. The van der Waals surface area contributed by atoms with Crippen molar-refractivity contribution in [2.24, 2.45) is 0 Å². The highest BCUT2D eigenvalue weighted by Gasteiger charge is 2.14. The summed E-state index contributed by atoms with van der Waals surface area (Å²) in [6.07, 6.45) is 6.13. The molecule has 0 unspecified atom stereocenters. The molecule has 0 fully saturated rings. The molecule has 3 heterocycles. The first-order valence-electron chi connectivity index (χ1n) is 8.65. The number of hydrogen-bond acceptors (Lipinski definition) is 5. The Morgan fingerprint density at radius 2 is 1.96 bits per heavy atom. The Bertz CT molecular complexity index is 1130. The van der Waals surface area contributed by atoms with Crippen molar-refractivity contribution in [3.8, 4) is 0 Å². The molecule has 134 valence electrons. The van der Waals surface area contributed by atoms with Crippen LogP contribution in [-0.2, 0) is 6.42 Å². The maximum atomic E-state index is 11.3. The van der Waals surface area contributed by atoms with E-state index in [1.807, 2.05) is 31.3 Å². The van der Waals surface area contributed by atoms with Gasteiger partial charge >= 0.3 is 5.97 Å². The summed E-state index contributed by atoms with van der Waals surface area (Å²) in [7, 11) is 1.98. The maximum Gasteiger partial charge on any atom is 0.335 e. The molecule has 0 radical (unpaired) electrons. The summed E-state index contributed by atoms with van der Waals surface area (Å²) in [4.78, 5) is 26.8. The van der Waals surface area contributed by atoms with Gasteiger partial charge in [-0.2, -0.15) is 0 Å². The molecule has 3 aromatic heterocycles. The van der Waals surface area contributed by atoms with Crippen LogP contribution >= 0.6 is 0 Å². The number of aromatic carboxylic acids is 1. The molecule has 1 aromatic carbocycles. The minimum absolute atomic E-state index is 0.223. The number of likely N-dealkylation sites (N-methyl/N-ethyl adjacent to an activating group) is 1. The summed E-state index contributed by atoms with van der Waals surface area (Å²) in [5, 5.41) is 12.1. The fourth-order valence-electron chi connectivity index (χ4n) is 3.19. The van der Waals surface area contributed by atoms with Crippen LogP contribution in [0.15, 0.2) is 61.1 Å². The van der Waals surface area contributed by atoms with E-state index < -0.39 is 5.97 Å². The molecule has 6 nitrogen and oxygen atoms in total. The Kier molecular flexibility index (Phi) is 4.38. The number of carboxylic acids is 1. The third kappa shape index (κ3) is 3.29. The summed E-state index contributed by atoms with van der Waals surface area (Å²) in [5.41, 5.74) is 1.89. The zero-order chi connectivity index (χ0) is 18.8. The lowest BCUT2D eigenvalue weighted by atomic mass is 10.1. The Hall–Kier alpha value is -3.54. The van der Waals surface area contributed by atoms with Gasteiger partial charge in [0.1, 0.15) is 5.82 Å². The molecule has 4 rings (SSSR count). The van der Waals surface area contributed by atoms with Crippen LogP contribution in [0.5, 0.6) is 0 Å². The molecule has 1 N–H and O–H groups in total. The predicted molar refractivity (Wildman–Crippen MR) is 105 cm³/mol. The highest BCUT2D eigenvalue weighted by molar-refractivity contribution is 6.10. The van der Waals surface area contributed by atoms with Gasteiger partial charge in [-0.3, -0.25) is 9.97 Å². The molecule has 0 atom stereocenters. The number of anilines is 1. The minimum atomic E-state index is -0.963. The second kappa shape index (κ2) is 6.99. The van der Waals surface area contributed by atoms with Gasteiger partial charge in [-0.05, 0) is 30.3 Å². The van der Waals surface area contributed by atoms with Crippen molar-refractivity contribution in [3.05, 3.63) is 72.3 Å². The van der Waals surface area contributed by atoms with E-state index >= 15 is 0 Å². The van der Waals surface area contributed by atoms with Crippen LogP contribution < -0.4 is 4.90 Å². The van der Waals surface area contributed by atoms with E-state index in [1.165, 1.54) is 0 Å². The first kappa shape index (κ1) is 16.9. The maximum absolute atomic E-state index is 11.3. The van der Waals surface area contributed by atoms with Crippen molar-refractivity contribution in [1.82, 2.24) is 15.0 Å². The van der Waals surface area contributed by atoms with Crippen LogP contribution in [-0.4, -0.2) is 39.6 Å². The van der Waals surface area contributed by atoms with E-state index in [1.54, 1.807) is 36.8 Å². The third-order valence-electron chi connectivity index (χ3n) is 4.61. The number of carbonyl (C=O) groups is 1. The van der Waals surface area contributed by atoms with E-state index in [0.29, 0.717) is 5.52 Å². The van der Waals surface area contributed by atoms with Gasteiger partial charge in [0.15, 0.2) is 0 Å². The Balaban J connectivity index is 1.78. The number of benzene rings is 1. The number of rotatable bonds is 5. The molecular formula is C21H18N4O2. The normalized spacial score (nSPS) is 11.0. The minimum Gasteiger partial charge on any atom is -0.478 e. The molecule has 4 aromatic rings. The van der Waals surface area contributed by atoms with Crippen molar-refractivity contribution in [2.45, 2.75) is 6.42 Å². The van der Waals surface area contributed by atoms with E-state index in [2.05, 4.69) is 14.9 Å². The van der Waals surface area contributed by atoms with Crippen molar-refractivity contribution in [3.63, 3.8) is 0 Å². The number of nitrogens with zero attached hydrogens (tertiary/aromatic N) is 4. The first-order chi connectivity index (χ1) is 13.1. The van der Waals surface area contributed by atoms with Crippen molar-refractivity contribution in [1.29, 1.82) is 0 Å². The Morgan fingerprint density at radius 3 is 2.74 bits per heavy atom. The Labute approximate surface area is 156 Å². The number of hydrogen-bond donors (Lipinski definition) is 1. The molecule has 27 heavy (non-hydrogen) atoms. The van der Waals surface area contributed by atoms with Crippen molar-refractivity contribution < 1.29 is 9.90 Å². The largest absolute Gasteiger partial charge is 0.478 e. The van der Waals surface area contributed by atoms with Crippen LogP contribution in [0, 0.1) is 0 Å². The summed E-state index contributed by atoms with van der Waals surface area (Å²) in [5.74, 6) is -0.159. The van der Waals surface area contributed by atoms with Gasteiger partial charge < -0.3 is 10.0 Å². The molecular weight excluding hydrogens is 340 g/mol. The van der Waals surface area contributed by atoms with E-state index in [0.717, 1.165) is 40.6 Å². The fourth-order valence-corrected chi connectivity index (χ4v) is 3.19. The van der Waals surface area contributed by atoms with Gasteiger partial charge in [0.25, 0.3) is 0 Å². The molecule has 0 saturated heterocycles. The molecule has 0 amide bonds. The molecule has 0 spiro atoms. The number of carboxylic acid groups (broad SMARTS) is 1. The van der Waals surface area contributed by atoms with Crippen LogP contribution in [0.2, 0.25) is 0 Å². The second-order valence-corrected chi connectivity index (χ2v) is 6.39. The average molecular weight is 358 g/mol. The number of fused-ring (bicyclic) bond motifs is 3. The monoisotopic (exact) mass is 358 g/mol. The SMILES string of the molecule is CN(CCc1ccccn1)c1nc2cc(C(=O)O)ccc2c2cnccc12. The van der Waals surface area contributed by atoms with Crippen LogP contribution in [0.1, 0.15) is 16.1 Å². The van der Waals surface area contributed by atoms with Gasteiger partial charge in [-0.1, -0.05) is 12.1 Å². The zero-order valence-electron chi connectivity index (χ0n) is 14.8. The van der Waals surface area contributed by atoms with E-state index in [9.17, 15) is 9.90 Å². The number of pyridine rings is 3. The van der Waals surface area contributed by atoms with Crippen LogP contribution in [0.3, 0.4) is 0 Å². The molecule has 6 heteroatoms. The smallest absolute Gasteiger partial charge is 0.335 e. The van der Waals surface area contributed by atoms with Gasteiger partial charge in [0, 0.05) is 60.5 Å². The van der Waals surface area contributed by atoms with Gasteiger partial charge in [0.2, 0.25) is 0 Å². The number of aromatic nitrogens is 3. The predicted octanol–water partition coefficient (Wildman–Crippen LogP) is 3.56. The van der Waals surface area contributed by atoms with Gasteiger partial charge in [-0.15, -0.1) is 0 Å². The third-order valence-corrected chi connectivity index (χ3v) is 4.61. The van der Waals surface area contributed by atoms with Crippen molar-refractivity contribution >= 4 is 33.5 Å². The first-order valence-corrected chi connectivity index (χ1v) is 8.65. The lowest BCUT2D eigenvalue weighted by molar-refractivity contribution is 0.0697. The van der Waals surface area contributed by atoms with E-state index in [-0.39, 0.29) is 5.56 Å². The highest BCUT2D eigenvalue weighted by Crippen LogP contribution is 2.31. The van der Waals surface area contributed by atoms with Crippen LogP contribution in [0.25, 0.3) is 21.7 Å². The molecule has 0 aliphatic carbocycles. The summed E-state index contributed by atoms with van der Waals surface area (Å²) < 4.78 is 0.